The van der Waals surface area contributed by atoms with Crippen LogP contribution in [0.15, 0.2) is 30.5 Å². The van der Waals surface area contributed by atoms with Crippen LogP contribution in [0.1, 0.15) is 30.2 Å². The van der Waals surface area contributed by atoms with Gasteiger partial charge in [-0.15, -0.1) is 0 Å². The topological polar surface area (TPSA) is 116 Å². The predicted molar refractivity (Wildman–Crippen MR) is 78.1 cm³/mol. The van der Waals surface area contributed by atoms with Gasteiger partial charge in [0.05, 0.1) is 16.7 Å². The van der Waals surface area contributed by atoms with E-state index in [9.17, 15) is 14.9 Å². The smallest absolute Gasteiger partial charge is 0.292 e. The zero-order chi connectivity index (χ0) is 15.6. The summed E-state index contributed by atoms with van der Waals surface area (Å²) >= 11 is 0. The van der Waals surface area contributed by atoms with Gasteiger partial charge in [-0.25, -0.2) is 4.68 Å². The fourth-order valence-corrected chi connectivity index (χ4v) is 1.92. The summed E-state index contributed by atoms with van der Waals surface area (Å²) in [6.07, 6.45) is 1.56. The van der Waals surface area contributed by atoms with Gasteiger partial charge in [0.25, 0.3) is 11.6 Å². The maximum atomic E-state index is 12.2. The van der Waals surface area contributed by atoms with Crippen molar-refractivity contribution in [3.63, 3.8) is 0 Å². The van der Waals surface area contributed by atoms with Gasteiger partial charge in [0.15, 0.2) is 0 Å². The second-order valence-electron chi connectivity index (χ2n) is 4.70. The first kappa shape index (κ1) is 14.5. The first-order valence-electron chi connectivity index (χ1n) is 6.29. The maximum Gasteiger partial charge on any atom is 0.292 e. The largest absolute Gasteiger partial charge is 0.393 e. The number of hydrogen-bond acceptors (Lipinski definition) is 5. The van der Waals surface area contributed by atoms with Crippen LogP contribution in [0.5, 0.6) is 0 Å². The number of carbonyl (C=O) groups excluding carboxylic acids is 1. The Balaban J connectivity index is 2.31. The molecule has 1 aromatic heterocycles. The molecule has 0 aliphatic rings. The van der Waals surface area contributed by atoms with Crippen molar-refractivity contribution in [2.45, 2.75) is 19.9 Å². The van der Waals surface area contributed by atoms with Gasteiger partial charge in [-0.2, -0.15) is 5.10 Å². The molecule has 2 rings (SSSR count). The van der Waals surface area contributed by atoms with E-state index in [1.54, 1.807) is 16.9 Å². The lowest BCUT2D eigenvalue weighted by Crippen LogP contribution is -2.18. The van der Waals surface area contributed by atoms with Crippen LogP contribution in [0.4, 0.5) is 17.2 Å². The van der Waals surface area contributed by atoms with Crippen molar-refractivity contribution >= 4 is 23.1 Å². The number of carbonyl (C=O) groups is 1. The van der Waals surface area contributed by atoms with Crippen LogP contribution in [-0.2, 0) is 0 Å². The molecule has 0 saturated carbocycles. The summed E-state index contributed by atoms with van der Waals surface area (Å²) in [5, 5.41) is 17.6. The fourth-order valence-electron chi connectivity index (χ4n) is 1.92. The monoisotopic (exact) mass is 289 g/mol. The van der Waals surface area contributed by atoms with Crippen molar-refractivity contribution in [2.24, 2.45) is 0 Å². The second kappa shape index (κ2) is 5.61. The summed E-state index contributed by atoms with van der Waals surface area (Å²) in [6, 6.07) is 5.82. The number of para-hydroxylation sites is 1. The number of nitro benzene ring substituents is 1. The molecule has 0 aliphatic heterocycles. The Labute approximate surface area is 120 Å². The van der Waals surface area contributed by atoms with Crippen molar-refractivity contribution in [1.29, 1.82) is 0 Å². The highest BCUT2D eigenvalue weighted by atomic mass is 16.6. The molecule has 1 amide bonds. The van der Waals surface area contributed by atoms with Gasteiger partial charge < -0.3 is 11.1 Å². The summed E-state index contributed by atoms with van der Waals surface area (Å²) in [7, 11) is 0. The standard InChI is InChI=1S/C13H15N5O3/c1-8(2)17-11(6-7-15-17)16-13(19)9-4-3-5-10(12(9)14)18(20)21/h3-8H,14H2,1-2H3,(H,16,19). The molecule has 8 nitrogen and oxygen atoms in total. The normalized spacial score (nSPS) is 10.6. The molecule has 0 radical (unpaired) electrons. The number of nitrogens with one attached hydrogen (secondary N) is 1. The average Bonchev–Trinajstić information content (AvgIpc) is 2.86. The Kier molecular flexibility index (Phi) is 3.88. The Morgan fingerprint density at radius 2 is 2.14 bits per heavy atom. The lowest BCUT2D eigenvalue weighted by molar-refractivity contribution is -0.383. The Morgan fingerprint density at radius 1 is 1.43 bits per heavy atom. The lowest BCUT2D eigenvalue weighted by atomic mass is 10.1. The van der Waals surface area contributed by atoms with Crippen molar-refractivity contribution in [3.8, 4) is 0 Å². The molecule has 0 spiro atoms. The first-order chi connectivity index (χ1) is 9.91. The minimum absolute atomic E-state index is 0.0562. The highest BCUT2D eigenvalue weighted by molar-refractivity contribution is 6.08. The molecular formula is C13H15N5O3. The molecule has 0 fully saturated rings. The number of anilines is 2. The molecular weight excluding hydrogens is 274 g/mol. The number of nitrogen functional groups attached to an aromatic ring is 1. The van der Waals surface area contributed by atoms with Crippen molar-refractivity contribution in [2.75, 3.05) is 11.1 Å². The zero-order valence-electron chi connectivity index (χ0n) is 11.6. The number of aromatic nitrogens is 2. The molecule has 3 N–H and O–H groups in total. The van der Waals surface area contributed by atoms with Crippen LogP contribution in [0.2, 0.25) is 0 Å². The molecule has 0 bridgehead atoms. The van der Waals surface area contributed by atoms with Gasteiger partial charge in [-0.3, -0.25) is 14.9 Å². The van der Waals surface area contributed by atoms with Crippen LogP contribution in [0, 0.1) is 10.1 Å². The van der Waals surface area contributed by atoms with Gasteiger partial charge in [-0.1, -0.05) is 6.07 Å². The van der Waals surface area contributed by atoms with Crippen LogP contribution in [-0.4, -0.2) is 20.6 Å². The van der Waals surface area contributed by atoms with E-state index in [2.05, 4.69) is 10.4 Å². The van der Waals surface area contributed by atoms with Crippen molar-refractivity contribution < 1.29 is 9.72 Å². The third kappa shape index (κ3) is 2.83. The molecule has 21 heavy (non-hydrogen) atoms. The summed E-state index contributed by atoms with van der Waals surface area (Å²) in [5.74, 6) is -0.0143. The van der Waals surface area contributed by atoms with E-state index in [0.29, 0.717) is 5.82 Å². The molecule has 0 atom stereocenters. The maximum absolute atomic E-state index is 12.2. The van der Waals surface area contributed by atoms with Crippen LogP contribution < -0.4 is 11.1 Å². The molecule has 1 aromatic carbocycles. The molecule has 8 heteroatoms. The Bertz CT molecular complexity index is 693. The van der Waals surface area contributed by atoms with Gasteiger partial charge in [-0.05, 0) is 19.9 Å². The summed E-state index contributed by atoms with van der Waals surface area (Å²) in [5.41, 5.74) is 5.29. The number of rotatable bonds is 4. The zero-order valence-corrected chi connectivity index (χ0v) is 11.6. The van der Waals surface area contributed by atoms with Crippen molar-refractivity contribution in [1.82, 2.24) is 9.78 Å². The summed E-state index contributed by atoms with van der Waals surface area (Å²) < 4.78 is 1.63. The van der Waals surface area contributed by atoms with Gasteiger partial charge in [0, 0.05) is 18.2 Å². The molecule has 0 unspecified atom stereocenters. The van der Waals surface area contributed by atoms with Crippen LogP contribution in [0.25, 0.3) is 0 Å². The van der Waals surface area contributed by atoms with E-state index in [4.69, 9.17) is 5.73 Å². The van der Waals surface area contributed by atoms with E-state index < -0.39 is 10.8 Å². The van der Waals surface area contributed by atoms with Crippen LogP contribution in [0.3, 0.4) is 0 Å². The minimum atomic E-state index is -0.621. The number of nitrogens with zero attached hydrogens (tertiary/aromatic N) is 3. The van der Waals surface area contributed by atoms with Gasteiger partial charge in [0.2, 0.25) is 0 Å². The third-order valence-corrected chi connectivity index (χ3v) is 2.93. The van der Waals surface area contributed by atoms with E-state index in [1.165, 1.54) is 18.2 Å². The number of hydrogen-bond donors (Lipinski definition) is 2. The van der Waals surface area contributed by atoms with E-state index in [1.807, 2.05) is 13.8 Å². The molecule has 0 saturated heterocycles. The average molecular weight is 289 g/mol. The van der Waals surface area contributed by atoms with Gasteiger partial charge >= 0.3 is 0 Å². The number of amides is 1. The van der Waals surface area contributed by atoms with Crippen molar-refractivity contribution in [3.05, 3.63) is 46.1 Å². The predicted octanol–water partition coefficient (Wildman–Crippen LogP) is 2.21. The van der Waals surface area contributed by atoms with Crippen LogP contribution >= 0.6 is 0 Å². The number of nitrogens with two attached hydrogens (primary N) is 1. The highest BCUT2D eigenvalue weighted by Gasteiger charge is 2.20. The molecule has 1 heterocycles. The SMILES string of the molecule is CC(C)n1nccc1NC(=O)c1cccc([N+](=O)[O-])c1N. The lowest BCUT2D eigenvalue weighted by Gasteiger charge is -2.12. The quantitative estimate of drug-likeness (QED) is 0.508. The summed E-state index contributed by atoms with van der Waals surface area (Å²) in [6.45, 7) is 3.84. The second-order valence-corrected chi connectivity index (χ2v) is 4.70. The number of nitro groups is 1. The molecule has 110 valence electrons. The minimum Gasteiger partial charge on any atom is -0.393 e. The molecule has 2 aromatic rings. The van der Waals surface area contributed by atoms with E-state index >= 15 is 0 Å². The number of benzene rings is 1. The third-order valence-electron chi connectivity index (χ3n) is 2.93. The summed E-state index contributed by atoms with van der Waals surface area (Å²) in [4.78, 5) is 22.4. The van der Waals surface area contributed by atoms with Gasteiger partial charge in [0.1, 0.15) is 11.5 Å². The first-order valence-corrected chi connectivity index (χ1v) is 6.29. The van der Waals surface area contributed by atoms with E-state index in [-0.39, 0.29) is 23.0 Å². The Hall–Kier alpha value is -2.90. The van der Waals surface area contributed by atoms with E-state index in [0.717, 1.165) is 0 Å². The highest BCUT2D eigenvalue weighted by Crippen LogP contribution is 2.25. The fraction of sp³-hybridized carbons (Fsp3) is 0.231. The Morgan fingerprint density at radius 3 is 2.76 bits per heavy atom. The molecule has 0 aliphatic carbocycles.